The van der Waals surface area contributed by atoms with Crippen LogP contribution in [0.2, 0.25) is 0 Å². The van der Waals surface area contributed by atoms with E-state index in [1.807, 2.05) is 104 Å². The predicted octanol–water partition coefficient (Wildman–Crippen LogP) is 3.60. The van der Waals surface area contributed by atoms with E-state index in [0.717, 1.165) is 11.3 Å². The summed E-state index contributed by atoms with van der Waals surface area (Å²) < 4.78 is 46.7. The lowest BCUT2D eigenvalue weighted by atomic mass is 9.75. The molecule has 2 aromatic rings. The molecule has 346 valence electrons. The number of hydrogen-bond acceptors (Lipinski definition) is 15. The van der Waals surface area contributed by atoms with Crippen LogP contribution in [0.4, 0.5) is 0 Å². The maximum atomic E-state index is 14.5. The molecule has 0 unspecified atom stereocenters. The number of carbonyl (C=O) groups is 1. The van der Waals surface area contributed by atoms with E-state index in [0.29, 0.717) is 25.9 Å². The highest BCUT2D eigenvalue weighted by molar-refractivity contribution is 5.72. The first kappa shape index (κ1) is 49.4. The molecule has 4 heterocycles. The predicted molar refractivity (Wildman–Crippen MR) is 228 cm³/mol. The zero-order chi connectivity index (χ0) is 45.0. The standard InChI is InChI=1S/C45H75N5O11/c1-26-20-45(8,56-13)41(61-43-38(52)35(48(9)10)19-28(3)58-43)29(4)39(60-36-21-44(7,55-12)40(53)31(6)59-36)30(5)42(54)57-25-33(49(11)22-27(2)37(26)51)23-50-24-34(46-47-50)32-17-15-14-16-18-32/h14-18,24,26-31,33,35-41,43,51-53H,19-23,25H2,1-13H3/t26-,27-,28-,29+,30-,31+,33-,35+,36+,37+,38-,39+,40+,41-,43+,44-,45-/m1/s1. The highest BCUT2D eigenvalue weighted by Gasteiger charge is 2.52. The minimum absolute atomic E-state index is 0.0200. The van der Waals surface area contributed by atoms with Crippen molar-refractivity contribution in [1.29, 1.82) is 0 Å². The van der Waals surface area contributed by atoms with Gasteiger partial charge in [0.1, 0.15) is 24.5 Å². The van der Waals surface area contributed by atoms with Crippen LogP contribution in [0.5, 0.6) is 0 Å². The second kappa shape index (κ2) is 20.9. The zero-order valence-electron chi connectivity index (χ0n) is 38.7. The lowest BCUT2D eigenvalue weighted by molar-refractivity contribution is -0.319. The summed E-state index contributed by atoms with van der Waals surface area (Å²) in [6.07, 6.45) is -4.24. The van der Waals surface area contributed by atoms with Crippen molar-refractivity contribution >= 4 is 5.97 Å². The molecule has 0 radical (unpaired) electrons. The second-order valence-corrected chi connectivity index (χ2v) is 18.9. The molecule has 16 heteroatoms. The highest BCUT2D eigenvalue weighted by Crippen LogP contribution is 2.41. The summed E-state index contributed by atoms with van der Waals surface area (Å²) in [6.45, 7) is 16.1. The van der Waals surface area contributed by atoms with Gasteiger partial charge in [-0.3, -0.25) is 14.4 Å². The average molecular weight is 862 g/mol. The summed E-state index contributed by atoms with van der Waals surface area (Å²) in [5, 5.41) is 43.6. The van der Waals surface area contributed by atoms with Crippen molar-refractivity contribution < 1.29 is 53.3 Å². The van der Waals surface area contributed by atoms with Gasteiger partial charge in [0.25, 0.3) is 0 Å². The Morgan fingerprint density at radius 1 is 0.902 bits per heavy atom. The summed E-state index contributed by atoms with van der Waals surface area (Å²) in [6, 6.07) is 9.22. The molecule has 1 aromatic carbocycles. The van der Waals surface area contributed by atoms with Gasteiger partial charge in [-0.25, -0.2) is 0 Å². The van der Waals surface area contributed by atoms with E-state index in [4.69, 9.17) is 33.2 Å². The summed E-state index contributed by atoms with van der Waals surface area (Å²) in [7, 11) is 8.95. The molecule has 61 heavy (non-hydrogen) atoms. The van der Waals surface area contributed by atoms with Crippen LogP contribution < -0.4 is 0 Å². The summed E-state index contributed by atoms with van der Waals surface area (Å²) >= 11 is 0. The maximum absolute atomic E-state index is 14.5. The van der Waals surface area contributed by atoms with Gasteiger partial charge in [-0.15, -0.1) is 5.10 Å². The number of carbonyl (C=O) groups excluding carboxylic acids is 1. The molecule has 3 fully saturated rings. The van der Waals surface area contributed by atoms with Crippen LogP contribution in [0.3, 0.4) is 0 Å². The number of benzene rings is 1. The number of esters is 1. The molecule has 0 spiro atoms. The van der Waals surface area contributed by atoms with Crippen LogP contribution in [0, 0.1) is 23.7 Å². The number of aliphatic hydroxyl groups is 3. The number of aromatic nitrogens is 3. The first-order valence-electron chi connectivity index (χ1n) is 22.0. The van der Waals surface area contributed by atoms with Gasteiger partial charge < -0.3 is 53.4 Å². The maximum Gasteiger partial charge on any atom is 0.311 e. The van der Waals surface area contributed by atoms with Crippen LogP contribution in [0.1, 0.15) is 74.7 Å². The number of nitrogens with zero attached hydrogens (tertiary/aromatic N) is 5. The Hall–Kier alpha value is -2.61. The van der Waals surface area contributed by atoms with Gasteiger partial charge in [-0.2, -0.15) is 0 Å². The largest absolute Gasteiger partial charge is 0.464 e. The summed E-state index contributed by atoms with van der Waals surface area (Å²) in [5.41, 5.74) is -0.428. The fourth-order valence-corrected chi connectivity index (χ4v) is 9.72. The Morgan fingerprint density at radius 3 is 2.21 bits per heavy atom. The quantitative estimate of drug-likeness (QED) is 0.295. The molecule has 5 rings (SSSR count). The molecular weight excluding hydrogens is 787 g/mol. The fourth-order valence-electron chi connectivity index (χ4n) is 9.72. The van der Waals surface area contributed by atoms with E-state index in [-0.39, 0.29) is 43.1 Å². The molecular formula is C45H75N5O11. The Balaban J connectivity index is 1.55. The van der Waals surface area contributed by atoms with E-state index < -0.39 is 78.2 Å². The van der Waals surface area contributed by atoms with Gasteiger partial charge >= 0.3 is 5.97 Å². The van der Waals surface area contributed by atoms with Crippen LogP contribution in [0.15, 0.2) is 36.5 Å². The van der Waals surface area contributed by atoms with Crippen molar-refractivity contribution in [2.45, 2.75) is 160 Å². The Kier molecular flexibility index (Phi) is 16.9. The minimum Gasteiger partial charge on any atom is -0.464 e. The molecule has 3 N–H and O–H groups in total. The van der Waals surface area contributed by atoms with Gasteiger partial charge in [-0.05, 0) is 80.4 Å². The van der Waals surface area contributed by atoms with E-state index >= 15 is 0 Å². The van der Waals surface area contributed by atoms with Crippen molar-refractivity contribution in [2.75, 3.05) is 48.5 Å². The number of hydrogen-bond donors (Lipinski definition) is 3. The van der Waals surface area contributed by atoms with Gasteiger partial charge in [0.2, 0.25) is 0 Å². The van der Waals surface area contributed by atoms with Crippen molar-refractivity contribution in [2.24, 2.45) is 23.7 Å². The van der Waals surface area contributed by atoms with Crippen molar-refractivity contribution in [3.05, 3.63) is 36.5 Å². The van der Waals surface area contributed by atoms with E-state index in [2.05, 4.69) is 15.2 Å². The zero-order valence-corrected chi connectivity index (χ0v) is 38.7. The first-order chi connectivity index (χ1) is 28.7. The van der Waals surface area contributed by atoms with Crippen molar-refractivity contribution in [3.63, 3.8) is 0 Å². The monoisotopic (exact) mass is 862 g/mol. The van der Waals surface area contributed by atoms with E-state index in [9.17, 15) is 20.1 Å². The molecule has 3 aliphatic heterocycles. The third-order valence-electron chi connectivity index (χ3n) is 13.8. The minimum atomic E-state index is -1.10. The second-order valence-electron chi connectivity index (χ2n) is 18.9. The third kappa shape index (κ3) is 11.6. The van der Waals surface area contributed by atoms with Crippen LogP contribution in [-0.2, 0) is 44.5 Å². The van der Waals surface area contributed by atoms with Crippen LogP contribution in [0.25, 0.3) is 11.3 Å². The topological polar surface area (TPSA) is 180 Å². The molecule has 0 bridgehead atoms. The molecule has 17 atom stereocenters. The highest BCUT2D eigenvalue weighted by atomic mass is 16.7. The third-order valence-corrected chi connectivity index (χ3v) is 13.8. The summed E-state index contributed by atoms with van der Waals surface area (Å²) in [5.74, 6) is -2.49. The molecule has 0 aliphatic carbocycles. The number of rotatable bonds is 10. The molecule has 0 saturated carbocycles. The number of ether oxygens (including phenoxy) is 7. The van der Waals surface area contributed by atoms with Crippen LogP contribution in [-0.4, -0.2) is 173 Å². The van der Waals surface area contributed by atoms with E-state index in [1.165, 1.54) is 0 Å². The average Bonchev–Trinajstić information content (AvgIpc) is 3.70. The van der Waals surface area contributed by atoms with Crippen LogP contribution >= 0.6 is 0 Å². The van der Waals surface area contributed by atoms with Crippen molar-refractivity contribution in [1.82, 2.24) is 24.8 Å². The smallest absolute Gasteiger partial charge is 0.311 e. The Labute approximate surface area is 363 Å². The van der Waals surface area contributed by atoms with E-state index in [1.54, 1.807) is 32.7 Å². The number of likely N-dealkylation sites (N-methyl/N-ethyl adjacent to an activating group) is 2. The normalized spacial score (nSPS) is 41.5. The number of methoxy groups -OCH3 is 2. The molecule has 1 aromatic heterocycles. The van der Waals surface area contributed by atoms with Gasteiger partial charge in [0.05, 0.1) is 66.4 Å². The SMILES string of the molecule is CO[C@]1(C)C[C@@H](C)[C@H](O)[C@H](C)CN(C)[C@H](Cn2cc(-c3ccccc3)nn2)COC(=O)[C@H](C)[C@@H](O[C@H]2C[C@@](C)(OC)[C@@H](O)[C@H](C)O2)[C@H](C)[C@H]1O[C@@H]1O[C@H](C)C[C@H](N(C)C)[C@H]1O. The van der Waals surface area contributed by atoms with Crippen molar-refractivity contribution in [3.8, 4) is 11.3 Å². The first-order valence-corrected chi connectivity index (χ1v) is 22.0. The van der Waals surface area contributed by atoms with Gasteiger partial charge in [-0.1, -0.05) is 56.3 Å². The lowest BCUT2D eigenvalue weighted by Gasteiger charge is -2.49. The van der Waals surface area contributed by atoms with Gasteiger partial charge in [0, 0.05) is 44.7 Å². The Bertz CT molecular complexity index is 1670. The molecule has 3 aliphatic rings. The molecule has 3 saturated heterocycles. The molecule has 16 nitrogen and oxygen atoms in total. The summed E-state index contributed by atoms with van der Waals surface area (Å²) in [4.78, 5) is 18.6. The fraction of sp³-hybridized carbons (Fsp3) is 0.800. The lowest BCUT2D eigenvalue weighted by Crippen LogP contribution is -2.61. The Morgan fingerprint density at radius 2 is 1.57 bits per heavy atom. The number of cyclic esters (lactones) is 1. The molecule has 0 amide bonds. The number of aliphatic hydroxyl groups excluding tert-OH is 3. The van der Waals surface area contributed by atoms with Gasteiger partial charge in [0.15, 0.2) is 12.6 Å².